The van der Waals surface area contributed by atoms with Gasteiger partial charge in [-0.1, -0.05) is 22.9 Å². The zero-order valence-electron chi connectivity index (χ0n) is 7.77. The highest BCUT2D eigenvalue weighted by molar-refractivity contribution is 9.09. The maximum Gasteiger partial charge on any atom is 0.129 e. The molecule has 0 aliphatic heterocycles. The van der Waals surface area contributed by atoms with E-state index in [2.05, 4.69) is 15.9 Å². The van der Waals surface area contributed by atoms with Crippen LogP contribution in [0.1, 0.15) is 6.92 Å². The fourth-order valence-corrected chi connectivity index (χ4v) is 1.08. The standard InChI is InChI=1S/C10H11BrF2O/c1-7(5-11)6-14-10-3-8(12)2-9(13)4-10/h2-4,7H,5-6H2,1H3. The summed E-state index contributed by atoms with van der Waals surface area (Å²) in [6, 6.07) is 3.16. The summed E-state index contributed by atoms with van der Waals surface area (Å²) in [5.41, 5.74) is 0. The van der Waals surface area contributed by atoms with Gasteiger partial charge in [0.2, 0.25) is 0 Å². The van der Waals surface area contributed by atoms with E-state index in [1.165, 1.54) is 12.1 Å². The number of hydrogen-bond acceptors (Lipinski definition) is 1. The minimum atomic E-state index is -0.619. The van der Waals surface area contributed by atoms with Crippen LogP contribution in [-0.2, 0) is 0 Å². The molecule has 0 fully saturated rings. The smallest absolute Gasteiger partial charge is 0.129 e. The van der Waals surface area contributed by atoms with Gasteiger partial charge in [-0.15, -0.1) is 0 Å². The SMILES string of the molecule is CC(CBr)COc1cc(F)cc(F)c1. The second-order valence-electron chi connectivity index (χ2n) is 3.18. The lowest BCUT2D eigenvalue weighted by molar-refractivity contribution is 0.271. The van der Waals surface area contributed by atoms with Gasteiger partial charge in [0.1, 0.15) is 17.4 Å². The Morgan fingerprint density at radius 2 is 1.86 bits per heavy atom. The van der Waals surface area contributed by atoms with Crippen LogP contribution in [-0.4, -0.2) is 11.9 Å². The lowest BCUT2D eigenvalue weighted by atomic mass is 10.2. The van der Waals surface area contributed by atoms with Crippen molar-refractivity contribution in [3.05, 3.63) is 29.8 Å². The van der Waals surface area contributed by atoms with Crippen molar-refractivity contribution in [2.24, 2.45) is 5.92 Å². The van der Waals surface area contributed by atoms with Gasteiger partial charge in [0, 0.05) is 23.5 Å². The second kappa shape index (κ2) is 5.29. The van der Waals surface area contributed by atoms with Crippen LogP contribution in [0, 0.1) is 17.6 Å². The van der Waals surface area contributed by atoms with Gasteiger partial charge in [-0.25, -0.2) is 8.78 Å². The molecule has 0 N–H and O–H groups in total. The summed E-state index contributed by atoms with van der Waals surface area (Å²) >= 11 is 3.29. The zero-order valence-corrected chi connectivity index (χ0v) is 9.35. The fourth-order valence-electron chi connectivity index (χ4n) is 0.895. The Kier molecular flexibility index (Phi) is 4.32. The van der Waals surface area contributed by atoms with E-state index < -0.39 is 11.6 Å². The maximum absolute atomic E-state index is 12.7. The molecule has 0 heterocycles. The van der Waals surface area contributed by atoms with Gasteiger partial charge in [-0.3, -0.25) is 0 Å². The van der Waals surface area contributed by atoms with Crippen LogP contribution in [0.25, 0.3) is 0 Å². The molecular formula is C10H11BrF2O. The number of hydrogen-bond donors (Lipinski definition) is 0. The highest BCUT2D eigenvalue weighted by Crippen LogP contribution is 2.16. The van der Waals surface area contributed by atoms with Crippen LogP contribution in [0.3, 0.4) is 0 Å². The molecule has 0 spiro atoms. The summed E-state index contributed by atoms with van der Waals surface area (Å²) in [6.45, 7) is 2.42. The molecule has 1 aromatic rings. The van der Waals surface area contributed by atoms with Gasteiger partial charge in [-0.2, -0.15) is 0 Å². The molecule has 14 heavy (non-hydrogen) atoms. The summed E-state index contributed by atoms with van der Waals surface area (Å²) in [5, 5.41) is 0.796. The Hall–Kier alpha value is -0.640. The molecule has 1 atom stereocenters. The van der Waals surface area contributed by atoms with Crippen LogP contribution >= 0.6 is 15.9 Å². The van der Waals surface area contributed by atoms with E-state index in [1.54, 1.807) is 0 Å². The van der Waals surface area contributed by atoms with Crippen LogP contribution in [0.2, 0.25) is 0 Å². The lowest BCUT2D eigenvalue weighted by Gasteiger charge is -2.10. The quantitative estimate of drug-likeness (QED) is 0.758. The first-order chi connectivity index (χ1) is 6.61. The van der Waals surface area contributed by atoms with E-state index in [1.807, 2.05) is 6.92 Å². The Labute approximate surface area is 90.2 Å². The molecule has 1 nitrogen and oxygen atoms in total. The van der Waals surface area contributed by atoms with E-state index in [9.17, 15) is 8.78 Å². The van der Waals surface area contributed by atoms with Crippen molar-refractivity contribution in [1.82, 2.24) is 0 Å². The first-order valence-corrected chi connectivity index (χ1v) is 5.39. The van der Waals surface area contributed by atoms with Crippen LogP contribution in [0.15, 0.2) is 18.2 Å². The molecule has 78 valence electrons. The lowest BCUT2D eigenvalue weighted by Crippen LogP contribution is -2.09. The maximum atomic E-state index is 12.7. The van der Waals surface area contributed by atoms with Crippen molar-refractivity contribution in [2.45, 2.75) is 6.92 Å². The molecule has 0 bridgehead atoms. The van der Waals surface area contributed by atoms with E-state index in [4.69, 9.17) is 4.74 Å². The molecule has 0 saturated heterocycles. The largest absolute Gasteiger partial charge is 0.493 e. The Balaban J connectivity index is 2.58. The van der Waals surface area contributed by atoms with Gasteiger partial charge in [0.05, 0.1) is 6.61 Å². The molecule has 4 heteroatoms. The van der Waals surface area contributed by atoms with E-state index in [0.29, 0.717) is 12.5 Å². The number of halogens is 3. The first-order valence-electron chi connectivity index (χ1n) is 4.26. The van der Waals surface area contributed by atoms with Crippen molar-refractivity contribution in [2.75, 3.05) is 11.9 Å². The average molecular weight is 265 g/mol. The third-order valence-electron chi connectivity index (χ3n) is 1.63. The third kappa shape index (κ3) is 3.62. The molecule has 1 unspecified atom stereocenters. The Bertz CT molecular complexity index is 284. The predicted molar refractivity (Wildman–Crippen MR) is 54.8 cm³/mol. The van der Waals surface area contributed by atoms with Gasteiger partial charge >= 0.3 is 0 Å². The normalized spacial score (nSPS) is 12.6. The molecule has 0 aromatic heterocycles. The first kappa shape index (κ1) is 11.4. The monoisotopic (exact) mass is 264 g/mol. The van der Waals surface area contributed by atoms with Crippen LogP contribution in [0.4, 0.5) is 8.78 Å². The highest BCUT2D eigenvalue weighted by atomic mass is 79.9. The van der Waals surface area contributed by atoms with E-state index in [0.717, 1.165) is 11.4 Å². The molecule has 0 radical (unpaired) electrons. The van der Waals surface area contributed by atoms with E-state index >= 15 is 0 Å². The predicted octanol–water partition coefficient (Wildman–Crippen LogP) is 3.37. The van der Waals surface area contributed by atoms with Crippen molar-refractivity contribution < 1.29 is 13.5 Å². The molecule has 1 aromatic carbocycles. The van der Waals surface area contributed by atoms with Crippen molar-refractivity contribution in [3.8, 4) is 5.75 Å². The topological polar surface area (TPSA) is 9.23 Å². The summed E-state index contributed by atoms with van der Waals surface area (Å²) in [5.74, 6) is -0.699. The summed E-state index contributed by atoms with van der Waals surface area (Å²) in [7, 11) is 0. The van der Waals surface area contributed by atoms with Crippen LogP contribution in [0.5, 0.6) is 5.75 Å². The highest BCUT2D eigenvalue weighted by Gasteiger charge is 2.04. The third-order valence-corrected chi connectivity index (χ3v) is 2.74. The van der Waals surface area contributed by atoms with Gasteiger partial charge in [0.15, 0.2) is 0 Å². The number of rotatable bonds is 4. The van der Waals surface area contributed by atoms with Crippen LogP contribution < -0.4 is 4.74 Å². The molecule has 0 aliphatic carbocycles. The van der Waals surface area contributed by atoms with Gasteiger partial charge < -0.3 is 4.74 Å². The average Bonchev–Trinajstić information content (AvgIpc) is 2.12. The van der Waals surface area contributed by atoms with E-state index in [-0.39, 0.29) is 5.75 Å². The summed E-state index contributed by atoms with van der Waals surface area (Å²) < 4.78 is 30.6. The molecular weight excluding hydrogens is 254 g/mol. The molecule has 0 amide bonds. The molecule has 0 saturated carbocycles. The zero-order chi connectivity index (χ0) is 10.6. The Morgan fingerprint density at radius 1 is 1.29 bits per heavy atom. The van der Waals surface area contributed by atoms with Crippen molar-refractivity contribution in [1.29, 1.82) is 0 Å². The Morgan fingerprint density at radius 3 is 2.36 bits per heavy atom. The van der Waals surface area contributed by atoms with Gasteiger partial charge in [-0.05, 0) is 5.92 Å². The number of alkyl halides is 1. The molecule has 0 aliphatic rings. The second-order valence-corrected chi connectivity index (χ2v) is 3.82. The fraction of sp³-hybridized carbons (Fsp3) is 0.400. The molecule has 1 rings (SSSR count). The summed E-state index contributed by atoms with van der Waals surface area (Å²) in [4.78, 5) is 0. The van der Waals surface area contributed by atoms with Gasteiger partial charge in [0.25, 0.3) is 0 Å². The van der Waals surface area contributed by atoms with Crippen molar-refractivity contribution in [3.63, 3.8) is 0 Å². The summed E-state index contributed by atoms with van der Waals surface area (Å²) in [6.07, 6.45) is 0. The minimum absolute atomic E-state index is 0.232. The number of benzene rings is 1. The van der Waals surface area contributed by atoms with Crippen molar-refractivity contribution >= 4 is 15.9 Å². The number of ether oxygens (including phenoxy) is 1. The minimum Gasteiger partial charge on any atom is -0.493 e.